The lowest BCUT2D eigenvalue weighted by Gasteiger charge is -2.10. The summed E-state index contributed by atoms with van der Waals surface area (Å²) in [5, 5.41) is 6.35. The Morgan fingerprint density at radius 1 is 1.59 bits per heavy atom. The van der Waals surface area contributed by atoms with Crippen molar-refractivity contribution in [2.45, 2.75) is 32.2 Å². The van der Waals surface area contributed by atoms with Crippen LogP contribution in [0.15, 0.2) is 18.5 Å². The van der Waals surface area contributed by atoms with E-state index in [0.29, 0.717) is 11.6 Å². The summed E-state index contributed by atoms with van der Waals surface area (Å²) < 4.78 is 0. The van der Waals surface area contributed by atoms with E-state index in [2.05, 4.69) is 15.6 Å². The molecule has 1 saturated heterocycles. The summed E-state index contributed by atoms with van der Waals surface area (Å²) in [5.41, 5.74) is 1.65. The first-order valence-corrected chi connectivity index (χ1v) is 6.19. The maximum Gasteiger partial charge on any atom is 0.252 e. The number of amides is 1. The summed E-state index contributed by atoms with van der Waals surface area (Å²) in [5.74, 6) is -0.0285. The molecule has 2 heterocycles. The molecule has 1 unspecified atom stereocenters. The lowest BCUT2D eigenvalue weighted by atomic mass is 10.1. The molecule has 2 N–H and O–H groups in total. The number of hydrogen-bond acceptors (Lipinski definition) is 3. The predicted octanol–water partition coefficient (Wildman–Crippen LogP) is 1.26. The fraction of sp³-hybridized carbons (Fsp3) is 0.538. The van der Waals surface area contributed by atoms with Gasteiger partial charge in [-0.2, -0.15) is 0 Å². The van der Waals surface area contributed by atoms with Crippen LogP contribution in [0.3, 0.4) is 0 Å². The highest BCUT2D eigenvalue weighted by atomic mass is 16.1. The Hall–Kier alpha value is -1.42. The third-order valence-corrected chi connectivity index (χ3v) is 3.08. The molecule has 1 aromatic rings. The van der Waals surface area contributed by atoms with E-state index in [1.54, 1.807) is 12.4 Å². The number of aromatic nitrogens is 1. The van der Waals surface area contributed by atoms with Crippen LogP contribution in [-0.4, -0.2) is 30.0 Å². The molecule has 1 amide bonds. The minimum absolute atomic E-state index is 0.0285. The van der Waals surface area contributed by atoms with Gasteiger partial charge in [0.15, 0.2) is 0 Å². The van der Waals surface area contributed by atoms with Gasteiger partial charge in [0.05, 0.1) is 5.56 Å². The number of nitrogens with zero attached hydrogens (tertiary/aromatic N) is 1. The topological polar surface area (TPSA) is 54.0 Å². The molecule has 0 saturated carbocycles. The normalized spacial score (nSPS) is 19.2. The van der Waals surface area contributed by atoms with Crippen molar-refractivity contribution in [1.29, 1.82) is 0 Å². The van der Waals surface area contributed by atoms with E-state index in [4.69, 9.17) is 0 Å². The number of carbonyl (C=O) groups is 1. The molecule has 1 atom stereocenters. The maximum absolute atomic E-state index is 11.8. The lowest BCUT2D eigenvalue weighted by molar-refractivity contribution is 0.0952. The number of aryl methyl sites for hydroxylation is 1. The minimum atomic E-state index is -0.0285. The second-order valence-electron chi connectivity index (χ2n) is 4.59. The van der Waals surface area contributed by atoms with Crippen LogP contribution < -0.4 is 10.6 Å². The first-order chi connectivity index (χ1) is 8.25. The third kappa shape index (κ3) is 3.53. The van der Waals surface area contributed by atoms with Gasteiger partial charge in [-0.25, -0.2) is 0 Å². The molecule has 0 spiro atoms. The molecule has 2 rings (SSSR count). The number of carbonyl (C=O) groups excluding carboxylic acids is 1. The molecular weight excluding hydrogens is 214 g/mol. The molecule has 1 aliphatic heterocycles. The van der Waals surface area contributed by atoms with Gasteiger partial charge in [-0.15, -0.1) is 0 Å². The Morgan fingerprint density at radius 3 is 3.18 bits per heavy atom. The second-order valence-corrected chi connectivity index (χ2v) is 4.59. The smallest absolute Gasteiger partial charge is 0.252 e. The lowest BCUT2D eigenvalue weighted by Crippen LogP contribution is -2.30. The average Bonchev–Trinajstić information content (AvgIpc) is 2.82. The Kier molecular flexibility index (Phi) is 4.09. The van der Waals surface area contributed by atoms with Crippen LogP contribution >= 0.6 is 0 Å². The third-order valence-electron chi connectivity index (χ3n) is 3.08. The van der Waals surface area contributed by atoms with Crippen molar-refractivity contribution in [3.05, 3.63) is 29.6 Å². The highest BCUT2D eigenvalue weighted by Gasteiger charge is 2.14. The van der Waals surface area contributed by atoms with Crippen LogP contribution in [0.4, 0.5) is 0 Å². The Labute approximate surface area is 102 Å². The largest absolute Gasteiger partial charge is 0.352 e. The number of pyridine rings is 1. The van der Waals surface area contributed by atoms with Gasteiger partial charge >= 0.3 is 0 Å². The molecule has 0 aliphatic carbocycles. The number of nitrogens with one attached hydrogen (secondary N) is 2. The van der Waals surface area contributed by atoms with Gasteiger partial charge in [0.1, 0.15) is 0 Å². The monoisotopic (exact) mass is 233 g/mol. The molecule has 4 heteroatoms. The van der Waals surface area contributed by atoms with E-state index >= 15 is 0 Å². The van der Waals surface area contributed by atoms with E-state index in [-0.39, 0.29) is 5.91 Å². The van der Waals surface area contributed by atoms with Gasteiger partial charge in [0.25, 0.3) is 5.91 Å². The Morgan fingerprint density at radius 2 is 2.47 bits per heavy atom. The van der Waals surface area contributed by atoms with Gasteiger partial charge in [-0.3, -0.25) is 9.78 Å². The summed E-state index contributed by atoms with van der Waals surface area (Å²) in [6, 6.07) is 2.43. The van der Waals surface area contributed by atoms with Crippen molar-refractivity contribution in [2.75, 3.05) is 13.1 Å². The van der Waals surface area contributed by atoms with Gasteiger partial charge < -0.3 is 10.6 Å². The van der Waals surface area contributed by atoms with Crippen molar-refractivity contribution in [3.8, 4) is 0 Å². The summed E-state index contributed by atoms with van der Waals surface area (Å²) in [6.07, 6.45) is 6.84. The molecule has 1 fully saturated rings. The molecular formula is C13H19N3O. The van der Waals surface area contributed by atoms with Crippen molar-refractivity contribution in [2.24, 2.45) is 0 Å². The van der Waals surface area contributed by atoms with E-state index < -0.39 is 0 Å². The van der Waals surface area contributed by atoms with Crippen LogP contribution in [0.1, 0.15) is 35.2 Å². The molecule has 4 nitrogen and oxygen atoms in total. The van der Waals surface area contributed by atoms with Crippen LogP contribution in [0.25, 0.3) is 0 Å². The van der Waals surface area contributed by atoms with Crippen LogP contribution in [-0.2, 0) is 0 Å². The quantitative estimate of drug-likeness (QED) is 0.823. The molecule has 17 heavy (non-hydrogen) atoms. The molecule has 1 aromatic heterocycles. The van der Waals surface area contributed by atoms with Crippen molar-refractivity contribution in [3.63, 3.8) is 0 Å². The molecule has 0 bridgehead atoms. The predicted molar refractivity (Wildman–Crippen MR) is 66.9 cm³/mol. The molecule has 92 valence electrons. The van der Waals surface area contributed by atoms with Crippen LogP contribution in [0, 0.1) is 6.92 Å². The zero-order valence-electron chi connectivity index (χ0n) is 10.2. The molecule has 0 aromatic carbocycles. The summed E-state index contributed by atoms with van der Waals surface area (Å²) in [6.45, 7) is 3.77. The number of hydrogen-bond donors (Lipinski definition) is 2. The van der Waals surface area contributed by atoms with E-state index in [0.717, 1.165) is 25.1 Å². The number of rotatable bonds is 4. The van der Waals surface area contributed by atoms with E-state index in [1.807, 2.05) is 13.0 Å². The van der Waals surface area contributed by atoms with Crippen molar-refractivity contribution < 1.29 is 4.79 Å². The fourth-order valence-corrected chi connectivity index (χ4v) is 2.14. The second kappa shape index (κ2) is 5.77. The van der Waals surface area contributed by atoms with Gasteiger partial charge in [0, 0.05) is 25.0 Å². The summed E-state index contributed by atoms with van der Waals surface area (Å²) in [4.78, 5) is 15.8. The maximum atomic E-state index is 11.8. The van der Waals surface area contributed by atoms with Gasteiger partial charge in [0.2, 0.25) is 0 Å². The highest BCUT2D eigenvalue weighted by Crippen LogP contribution is 2.07. The zero-order chi connectivity index (χ0) is 12.1. The van der Waals surface area contributed by atoms with E-state index in [9.17, 15) is 4.79 Å². The van der Waals surface area contributed by atoms with Gasteiger partial charge in [-0.1, -0.05) is 0 Å². The average molecular weight is 233 g/mol. The molecule has 1 aliphatic rings. The fourth-order valence-electron chi connectivity index (χ4n) is 2.14. The SMILES string of the molecule is Cc1cncc(C(=O)NCCC2CCCN2)c1. The minimum Gasteiger partial charge on any atom is -0.352 e. The van der Waals surface area contributed by atoms with Crippen molar-refractivity contribution >= 4 is 5.91 Å². The standard InChI is InChI=1S/C13H19N3O/c1-10-7-11(9-14-8-10)13(17)16-6-4-12-3-2-5-15-12/h7-9,12,15H,2-6H2,1H3,(H,16,17). The van der Waals surface area contributed by atoms with Crippen LogP contribution in [0.5, 0.6) is 0 Å². The Bertz CT molecular complexity index is 386. The highest BCUT2D eigenvalue weighted by molar-refractivity contribution is 5.93. The Balaban J connectivity index is 1.77. The summed E-state index contributed by atoms with van der Waals surface area (Å²) in [7, 11) is 0. The first-order valence-electron chi connectivity index (χ1n) is 6.19. The van der Waals surface area contributed by atoms with Crippen molar-refractivity contribution in [1.82, 2.24) is 15.6 Å². The zero-order valence-corrected chi connectivity index (χ0v) is 10.2. The molecule has 0 radical (unpaired) electrons. The van der Waals surface area contributed by atoms with Gasteiger partial charge in [-0.05, 0) is 44.4 Å². The van der Waals surface area contributed by atoms with E-state index in [1.165, 1.54) is 12.8 Å². The first kappa shape index (κ1) is 12.0. The summed E-state index contributed by atoms with van der Waals surface area (Å²) >= 11 is 0. The van der Waals surface area contributed by atoms with Crippen LogP contribution in [0.2, 0.25) is 0 Å².